The second kappa shape index (κ2) is 14.7. The number of benzene rings is 3. The number of para-hydroxylation sites is 1. The first-order chi connectivity index (χ1) is 22.8. The summed E-state index contributed by atoms with van der Waals surface area (Å²) in [5, 5.41) is 12.2. The molecule has 4 aromatic rings. The molecule has 1 saturated heterocycles. The molecule has 13 heteroatoms. The number of rotatable bonds is 11. The van der Waals surface area contributed by atoms with Crippen LogP contribution in [0.4, 0.5) is 5.69 Å². The molecule has 0 spiro atoms. The van der Waals surface area contributed by atoms with Crippen molar-refractivity contribution < 1.29 is 22.7 Å². The first-order valence-electron chi connectivity index (χ1n) is 15.9. The van der Waals surface area contributed by atoms with Crippen molar-refractivity contribution in [3.05, 3.63) is 89.7 Å². The molecule has 6 rings (SSSR count). The van der Waals surface area contributed by atoms with Gasteiger partial charge in [0.15, 0.2) is 11.0 Å². The minimum atomic E-state index is -3.59. The summed E-state index contributed by atoms with van der Waals surface area (Å²) >= 11 is 1.29. The van der Waals surface area contributed by atoms with Crippen LogP contribution in [0.25, 0.3) is 5.69 Å². The van der Waals surface area contributed by atoms with E-state index in [-0.39, 0.29) is 29.0 Å². The molecule has 0 saturated carbocycles. The quantitative estimate of drug-likeness (QED) is 0.224. The SMILES string of the molecule is CCOc1ccc(-n2c(CNC(=O)c3ccc(S(=O)(=O)N4CCCCC4)cc3)nnc2SCC(=O)N2CCCc3ccccc32)cc1. The number of aryl methyl sites for hydroxylation is 1. The largest absolute Gasteiger partial charge is 0.494 e. The number of hydrogen-bond donors (Lipinski definition) is 1. The molecule has 3 heterocycles. The topological polar surface area (TPSA) is 127 Å². The predicted octanol–water partition coefficient (Wildman–Crippen LogP) is 4.84. The lowest BCUT2D eigenvalue weighted by Crippen LogP contribution is -2.36. The van der Waals surface area contributed by atoms with E-state index < -0.39 is 10.0 Å². The lowest BCUT2D eigenvalue weighted by molar-refractivity contribution is -0.116. The van der Waals surface area contributed by atoms with Crippen molar-refractivity contribution in [2.75, 3.05) is 36.9 Å². The van der Waals surface area contributed by atoms with Gasteiger partial charge in [-0.15, -0.1) is 10.2 Å². The van der Waals surface area contributed by atoms with Crippen LogP contribution in [0, 0.1) is 0 Å². The van der Waals surface area contributed by atoms with Crippen LogP contribution >= 0.6 is 11.8 Å². The average molecular weight is 675 g/mol. The molecule has 1 N–H and O–H groups in total. The summed E-state index contributed by atoms with van der Waals surface area (Å²) in [4.78, 5) is 28.5. The summed E-state index contributed by atoms with van der Waals surface area (Å²) in [7, 11) is -3.59. The summed E-state index contributed by atoms with van der Waals surface area (Å²) in [6.45, 7) is 4.21. The van der Waals surface area contributed by atoms with Gasteiger partial charge in [-0.3, -0.25) is 14.2 Å². The van der Waals surface area contributed by atoms with Crippen LogP contribution in [0.5, 0.6) is 5.75 Å². The Morgan fingerprint density at radius 2 is 1.64 bits per heavy atom. The lowest BCUT2D eigenvalue weighted by atomic mass is 10.0. The molecule has 1 aromatic heterocycles. The van der Waals surface area contributed by atoms with Crippen molar-refractivity contribution in [3.8, 4) is 11.4 Å². The minimum absolute atomic E-state index is 0.0102. The van der Waals surface area contributed by atoms with Crippen molar-refractivity contribution in [1.29, 1.82) is 0 Å². The van der Waals surface area contributed by atoms with Crippen molar-refractivity contribution >= 4 is 39.3 Å². The number of carbonyl (C=O) groups excluding carboxylic acids is 2. The predicted molar refractivity (Wildman–Crippen MR) is 181 cm³/mol. The van der Waals surface area contributed by atoms with Crippen molar-refractivity contribution in [1.82, 2.24) is 24.4 Å². The maximum absolute atomic E-state index is 13.4. The number of hydrogen-bond acceptors (Lipinski definition) is 8. The van der Waals surface area contributed by atoms with E-state index in [2.05, 4.69) is 21.6 Å². The molecule has 1 fully saturated rings. The molecular weight excluding hydrogens is 637 g/mol. The normalized spacial score (nSPS) is 15.2. The fourth-order valence-electron chi connectivity index (χ4n) is 5.92. The van der Waals surface area contributed by atoms with Crippen LogP contribution < -0.4 is 15.0 Å². The first kappa shape index (κ1) is 32.7. The molecule has 0 unspecified atom stereocenters. The highest BCUT2D eigenvalue weighted by Gasteiger charge is 2.27. The Balaban J connectivity index is 1.17. The summed E-state index contributed by atoms with van der Waals surface area (Å²) in [6, 6.07) is 21.5. The Morgan fingerprint density at radius 3 is 2.38 bits per heavy atom. The lowest BCUT2D eigenvalue weighted by Gasteiger charge is -2.29. The van der Waals surface area contributed by atoms with Crippen molar-refractivity contribution in [2.45, 2.75) is 55.6 Å². The molecule has 2 amide bonds. The van der Waals surface area contributed by atoms with E-state index in [1.165, 1.54) is 45.9 Å². The van der Waals surface area contributed by atoms with Crippen molar-refractivity contribution in [3.63, 3.8) is 0 Å². The Labute approximate surface area is 279 Å². The number of nitrogens with one attached hydrogen (secondary N) is 1. The van der Waals surface area contributed by atoms with Crippen molar-refractivity contribution in [2.24, 2.45) is 0 Å². The second-order valence-corrected chi connectivity index (χ2v) is 14.3. The maximum Gasteiger partial charge on any atom is 0.251 e. The van der Waals surface area contributed by atoms with Crippen LogP contribution in [-0.4, -0.2) is 71.3 Å². The Hall–Kier alpha value is -4.20. The van der Waals surface area contributed by atoms with E-state index >= 15 is 0 Å². The summed E-state index contributed by atoms with van der Waals surface area (Å²) in [5.74, 6) is 0.983. The Morgan fingerprint density at radius 1 is 0.894 bits per heavy atom. The van der Waals surface area contributed by atoms with Gasteiger partial charge in [-0.1, -0.05) is 36.4 Å². The number of ether oxygens (including phenoxy) is 1. The van der Waals surface area contributed by atoms with E-state index in [0.29, 0.717) is 42.8 Å². The average Bonchev–Trinajstić information content (AvgIpc) is 3.52. The zero-order valence-electron chi connectivity index (χ0n) is 26.3. The van der Waals surface area contributed by atoms with Gasteiger partial charge in [0.05, 0.1) is 23.8 Å². The number of amides is 2. The number of anilines is 1. The summed E-state index contributed by atoms with van der Waals surface area (Å²) < 4.78 is 35.0. The highest BCUT2D eigenvalue weighted by atomic mass is 32.2. The van der Waals surface area contributed by atoms with Gasteiger partial charge < -0.3 is 15.0 Å². The molecule has 0 atom stereocenters. The van der Waals surface area contributed by atoms with E-state index in [1.54, 1.807) is 0 Å². The third kappa shape index (κ3) is 7.37. The van der Waals surface area contributed by atoms with Gasteiger partial charge in [-0.05, 0) is 92.8 Å². The van der Waals surface area contributed by atoms with Gasteiger partial charge in [0.25, 0.3) is 5.91 Å². The van der Waals surface area contributed by atoms with Gasteiger partial charge in [0.1, 0.15) is 5.75 Å². The number of piperidine rings is 1. The molecule has 2 aliphatic rings. The molecule has 47 heavy (non-hydrogen) atoms. The van der Waals surface area contributed by atoms with Gasteiger partial charge in [0.2, 0.25) is 15.9 Å². The van der Waals surface area contributed by atoms with Crippen LogP contribution in [0.3, 0.4) is 0 Å². The molecule has 0 radical (unpaired) electrons. The van der Waals surface area contributed by atoms with Gasteiger partial charge in [0, 0.05) is 36.6 Å². The van der Waals surface area contributed by atoms with E-state index in [4.69, 9.17) is 4.74 Å². The molecule has 0 bridgehead atoms. The number of carbonyl (C=O) groups is 2. The Bertz CT molecular complexity index is 1820. The molecular formula is C34H38N6O5S2. The van der Waals surface area contributed by atoms with E-state index in [9.17, 15) is 18.0 Å². The number of fused-ring (bicyclic) bond motifs is 1. The number of aromatic nitrogens is 3. The zero-order chi connectivity index (χ0) is 32.8. The summed E-state index contributed by atoms with van der Waals surface area (Å²) in [5.41, 5.74) is 3.22. The third-order valence-electron chi connectivity index (χ3n) is 8.32. The monoisotopic (exact) mass is 674 g/mol. The molecule has 246 valence electrons. The number of sulfonamides is 1. The smallest absolute Gasteiger partial charge is 0.251 e. The Kier molecular flexibility index (Phi) is 10.2. The fourth-order valence-corrected chi connectivity index (χ4v) is 8.28. The van der Waals surface area contributed by atoms with Crippen LogP contribution in [-0.2, 0) is 27.8 Å². The number of thioether (sulfide) groups is 1. The molecule has 11 nitrogen and oxygen atoms in total. The van der Waals surface area contributed by atoms with E-state index in [0.717, 1.165) is 49.2 Å². The van der Waals surface area contributed by atoms with Crippen LogP contribution in [0.15, 0.2) is 82.8 Å². The van der Waals surface area contributed by atoms with Gasteiger partial charge >= 0.3 is 0 Å². The molecule has 2 aliphatic heterocycles. The maximum atomic E-state index is 13.4. The zero-order valence-corrected chi connectivity index (χ0v) is 27.9. The molecule has 0 aliphatic carbocycles. The summed E-state index contributed by atoms with van der Waals surface area (Å²) in [6.07, 6.45) is 4.60. The highest BCUT2D eigenvalue weighted by molar-refractivity contribution is 7.99. The first-order valence-corrected chi connectivity index (χ1v) is 18.3. The van der Waals surface area contributed by atoms with Gasteiger partial charge in [-0.2, -0.15) is 4.31 Å². The number of nitrogens with zero attached hydrogens (tertiary/aromatic N) is 5. The van der Waals surface area contributed by atoms with Gasteiger partial charge in [-0.25, -0.2) is 8.42 Å². The van der Waals surface area contributed by atoms with E-state index in [1.807, 2.05) is 58.9 Å². The highest BCUT2D eigenvalue weighted by Crippen LogP contribution is 2.29. The second-order valence-electron chi connectivity index (χ2n) is 11.4. The standard InChI is InChI=1S/C34H38N6O5S2/c1-2-45-28-16-14-27(15-17-28)40-31(36-37-34(40)46-24-32(41)39-22-8-10-25-9-4-5-11-30(25)39)23-35-33(42)26-12-18-29(19-13-26)47(43,44)38-20-6-3-7-21-38/h4-5,9,11-19H,2-3,6-8,10,20-24H2,1H3,(H,35,42). The fraction of sp³-hybridized carbons (Fsp3) is 0.353. The third-order valence-corrected chi connectivity index (χ3v) is 11.1. The van der Waals surface area contributed by atoms with Crippen LogP contribution in [0.2, 0.25) is 0 Å². The molecule has 3 aromatic carbocycles. The minimum Gasteiger partial charge on any atom is -0.494 e. The van der Waals surface area contributed by atoms with Crippen LogP contribution in [0.1, 0.15) is 54.4 Å².